The molecular formula is C13H17FN2O. The molecule has 1 unspecified atom stereocenters. The third kappa shape index (κ3) is 2.03. The van der Waals surface area contributed by atoms with Gasteiger partial charge in [-0.15, -0.1) is 4.48 Å². The number of ether oxygens (including phenoxy) is 1. The van der Waals surface area contributed by atoms with Crippen molar-refractivity contribution in [1.29, 1.82) is 0 Å². The predicted molar refractivity (Wildman–Crippen MR) is 64.8 cm³/mol. The SMILES string of the molecule is FNC1CCc2cc(N3CCOCC3)ccc21. The quantitative estimate of drug-likeness (QED) is 0.795. The molecule has 1 atom stereocenters. The van der Waals surface area contributed by atoms with E-state index in [1.165, 1.54) is 11.3 Å². The van der Waals surface area contributed by atoms with Gasteiger partial charge in [0.05, 0.1) is 19.3 Å². The van der Waals surface area contributed by atoms with Crippen molar-refractivity contribution in [3.63, 3.8) is 0 Å². The number of aryl methyl sites for hydroxylation is 1. The summed E-state index contributed by atoms with van der Waals surface area (Å²) < 4.78 is 17.9. The molecule has 17 heavy (non-hydrogen) atoms. The van der Waals surface area contributed by atoms with Crippen LogP contribution in [0.1, 0.15) is 23.6 Å². The van der Waals surface area contributed by atoms with Crippen LogP contribution in [0.3, 0.4) is 0 Å². The van der Waals surface area contributed by atoms with Crippen LogP contribution in [0.4, 0.5) is 10.2 Å². The minimum Gasteiger partial charge on any atom is -0.378 e. The number of nitrogens with zero attached hydrogens (tertiary/aromatic N) is 1. The zero-order chi connectivity index (χ0) is 11.7. The lowest BCUT2D eigenvalue weighted by molar-refractivity contribution is 0.122. The van der Waals surface area contributed by atoms with Crippen molar-refractivity contribution >= 4 is 5.69 Å². The molecule has 0 saturated carbocycles. The van der Waals surface area contributed by atoms with Crippen molar-refractivity contribution in [3.8, 4) is 0 Å². The van der Waals surface area contributed by atoms with Gasteiger partial charge in [-0.2, -0.15) is 5.54 Å². The van der Waals surface area contributed by atoms with Crippen LogP contribution in [-0.4, -0.2) is 26.3 Å². The van der Waals surface area contributed by atoms with E-state index in [1.807, 2.05) is 5.54 Å². The van der Waals surface area contributed by atoms with Gasteiger partial charge in [0.25, 0.3) is 0 Å². The highest BCUT2D eigenvalue weighted by atomic mass is 19.2. The minimum absolute atomic E-state index is 0.108. The Balaban J connectivity index is 1.84. The summed E-state index contributed by atoms with van der Waals surface area (Å²) in [6.07, 6.45) is 1.83. The lowest BCUT2D eigenvalue weighted by Crippen LogP contribution is -2.36. The van der Waals surface area contributed by atoms with Gasteiger partial charge in [-0.1, -0.05) is 6.07 Å². The standard InChI is InChI=1S/C13H17FN2O/c14-15-13-4-1-10-9-11(2-3-12(10)13)16-5-7-17-8-6-16/h2-3,9,13,15H,1,4-8H2. The van der Waals surface area contributed by atoms with Crippen LogP contribution >= 0.6 is 0 Å². The van der Waals surface area contributed by atoms with Crippen molar-refractivity contribution in [2.45, 2.75) is 18.9 Å². The topological polar surface area (TPSA) is 24.5 Å². The molecule has 1 aliphatic carbocycles. The molecule has 1 aliphatic heterocycles. The molecule has 4 heteroatoms. The Morgan fingerprint density at radius 1 is 1.29 bits per heavy atom. The molecule has 1 fully saturated rings. The predicted octanol–water partition coefficient (Wildman–Crippen LogP) is 1.98. The summed E-state index contributed by atoms with van der Waals surface area (Å²) in [4.78, 5) is 2.33. The van der Waals surface area contributed by atoms with E-state index in [0.29, 0.717) is 0 Å². The fourth-order valence-electron chi connectivity index (χ4n) is 2.74. The number of benzene rings is 1. The van der Waals surface area contributed by atoms with E-state index in [9.17, 15) is 4.48 Å². The molecule has 0 amide bonds. The highest BCUT2D eigenvalue weighted by Crippen LogP contribution is 2.33. The van der Waals surface area contributed by atoms with Crippen LogP contribution in [0.25, 0.3) is 0 Å². The molecule has 0 aromatic heterocycles. The number of morpholine rings is 1. The lowest BCUT2D eigenvalue weighted by Gasteiger charge is -2.29. The van der Waals surface area contributed by atoms with Gasteiger partial charge in [0.2, 0.25) is 0 Å². The monoisotopic (exact) mass is 236 g/mol. The largest absolute Gasteiger partial charge is 0.378 e. The maximum Gasteiger partial charge on any atom is 0.0642 e. The third-order valence-electron chi connectivity index (χ3n) is 3.71. The van der Waals surface area contributed by atoms with Gasteiger partial charge in [0.15, 0.2) is 0 Å². The Labute approximate surface area is 100 Å². The summed E-state index contributed by atoms with van der Waals surface area (Å²) >= 11 is 0. The van der Waals surface area contributed by atoms with E-state index in [-0.39, 0.29) is 6.04 Å². The Bertz CT molecular complexity index is 404. The van der Waals surface area contributed by atoms with E-state index in [0.717, 1.165) is 44.7 Å². The third-order valence-corrected chi connectivity index (χ3v) is 3.71. The van der Waals surface area contributed by atoms with Crippen LogP contribution in [0, 0.1) is 0 Å². The maximum absolute atomic E-state index is 12.6. The van der Waals surface area contributed by atoms with E-state index in [4.69, 9.17) is 4.74 Å². The average Bonchev–Trinajstić information content (AvgIpc) is 2.81. The number of fused-ring (bicyclic) bond motifs is 1. The summed E-state index contributed by atoms with van der Waals surface area (Å²) in [7, 11) is 0. The Kier molecular flexibility index (Phi) is 2.99. The van der Waals surface area contributed by atoms with Crippen molar-refractivity contribution in [2.24, 2.45) is 0 Å². The van der Waals surface area contributed by atoms with E-state index >= 15 is 0 Å². The fourth-order valence-corrected chi connectivity index (χ4v) is 2.74. The first-order valence-electron chi connectivity index (χ1n) is 6.20. The number of hydrogen-bond acceptors (Lipinski definition) is 3. The van der Waals surface area contributed by atoms with Crippen LogP contribution in [0.5, 0.6) is 0 Å². The first kappa shape index (κ1) is 11.0. The summed E-state index contributed by atoms with van der Waals surface area (Å²) in [6, 6.07) is 6.26. The van der Waals surface area contributed by atoms with Gasteiger partial charge >= 0.3 is 0 Å². The van der Waals surface area contributed by atoms with Gasteiger partial charge < -0.3 is 9.64 Å². The summed E-state index contributed by atoms with van der Waals surface area (Å²) in [6.45, 7) is 3.49. The van der Waals surface area contributed by atoms with Gasteiger partial charge in [0, 0.05) is 18.8 Å². The molecule has 1 heterocycles. The zero-order valence-electron chi connectivity index (χ0n) is 9.79. The Hall–Kier alpha value is -1.13. The first-order valence-corrected chi connectivity index (χ1v) is 6.20. The highest BCUT2D eigenvalue weighted by Gasteiger charge is 2.23. The summed E-state index contributed by atoms with van der Waals surface area (Å²) in [5.74, 6) is 0. The molecule has 0 spiro atoms. The number of anilines is 1. The zero-order valence-corrected chi connectivity index (χ0v) is 9.79. The Morgan fingerprint density at radius 3 is 2.88 bits per heavy atom. The molecule has 1 aromatic carbocycles. The number of rotatable bonds is 2. The molecular weight excluding hydrogens is 219 g/mol. The van der Waals surface area contributed by atoms with Crippen LogP contribution in [0.2, 0.25) is 0 Å². The van der Waals surface area contributed by atoms with Crippen molar-refractivity contribution in [2.75, 3.05) is 31.2 Å². The Morgan fingerprint density at radius 2 is 2.12 bits per heavy atom. The van der Waals surface area contributed by atoms with Gasteiger partial charge in [0.1, 0.15) is 0 Å². The molecule has 0 radical (unpaired) electrons. The second-order valence-electron chi connectivity index (χ2n) is 4.68. The van der Waals surface area contributed by atoms with Crippen molar-refractivity contribution in [1.82, 2.24) is 5.54 Å². The minimum atomic E-state index is -0.108. The maximum atomic E-state index is 12.6. The molecule has 3 rings (SSSR count). The second-order valence-corrected chi connectivity index (χ2v) is 4.68. The highest BCUT2D eigenvalue weighted by molar-refractivity contribution is 5.53. The molecule has 1 aromatic rings. The van der Waals surface area contributed by atoms with Crippen LogP contribution in [0.15, 0.2) is 18.2 Å². The van der Waals surface area contributed by atoms with E-state index < -0.39 is 0 Å². The smallest absolute Gasteiger partial charge is 0.0642 e. The van der Waals surface area contributed by atoms with Crippen molar-refractivity contribution in [3.05, 3.63) is 29.3 Å². The summed E-state index contributed by atoms with van der Waals surface area (Å²) in [5.41, 5.74) is 5.52. The van der Waals surface area contributed by atoms with E-state index in [2.05, 4.69) is 23.1 Å². The fraction of sp³-hybridized carbons (Fsp3) is 0.538. The molecule has 1 saturated heterocycles. The van der Waals surface area contributed by atoms with Crippen LogP contribution in [-0.2, 0) is 11.2 Å². The average molecular weight is 236 g/mol. The number of halogens is 1. The number of hydrogen-bond donors (Lipinski definition) is 1. The second kappa shape index (κ2) is 4.63. The molecule has 2 aliphatic rings. The molecule has 1 N–H and O–H groups in total. The van der Waals surface area contributed by atoms with Crippen LogP contribution < -0.4 is 10.4 Å². The van der Waals surface area contributed by atoms with Crippen molar-refractivity contribution < 1.29 is 9.22 Å². The van der Waals surface area contributed by atoms with E-state index in [1.54, 1.807) is 0 Å². The molecule has 92 valence electrons. The van der Waals surface area contributed by atoms with Gasteiger partial charge in [-0.05, 0) is 36.1 Å². The molecule has 3 nitrogen and oxygen atoms in total. The lowest BCUT2D eigenvalue weighted by atomic mass is 10.1. The van der Waals surface area contributed by atoms with Gasteiger partial charge in [-0.3, -0.25) is 0 Å². The first-order chi connectivity index (χ1) is 8.38. The molecule has 0 bridgehead atoms. The number of nitrogens with one attached hydrogen (secondary N) is 1. The summed E-state index contributed by atoms with van der Waals surface area (Å²) in [5, 5.41) is 0. The normalized spacial score (nSPS) is 23.8. The van der Waals surface area contributed by atoms with Gasteiger partial charge in [-0.25, -0.2) is 0 Å².